The lowest BCUT2D eigenvalue weighted by molar-refractivity contribution is 0.0950. The number of hydrogen-bond acceptors (Lipinski definition) is 3. The number of hydrogen-bond donors (Lipinski definition) is 1. The van der Waals surface area contributed by atoms with E-state index in [2.05, 4.69) is 48.2 Å². The third-order valence-electron chi connectivity index (χ3n) is 3.10. The Morgan fingerprint density at radius 1 is 1.10 bits per heavy atom. The Bertz CT molecular complexity index is 571. The normalized spacial score (nSPS) is 11.2. The van der Waals surface area contributed by atoms with Crippen molar-refractivity contribution in [3.8, 4) is 0 Å². The van der Waals surface area contributed by atoms with Crippen LogP contribution in [0.1, 0.15) is 42.3 Å². The van der Waals surface area contributed by atoms with Crippen molar-refractivity contribution >= 4 is 5.91 Å². The smallest absolute Gasteiger partial charge is 0.254 e. The molecule has 1 aromatic carbocycles. The van der Waals surface area contributed by atoms with Gasteiger partial charge in [0.05, 0.1) is 5.56 Å². The highest BCUT2D eigenvalue weighted by atomic mass is 16.1. The summed E-state index contributed by atoms with van der Waals surface area (Å²) in [5.41, 5.74) is 2.97. The van der Waals surface area contributed by atoms with E-state index in [4.69, 9.17) is 0 Å². The topological polar surface area (TPSA) is 54.9 Å². The Labute approximate surface area is 119 Å². The molecule has 0 unspecified atom stereocenters. The molecule has 0 aliphatic carbocycles. The lowest BCUT2D eigenvalue weighted by Gasteiger charge is -2.19. The van der Waals surface area contributed by atoms with Crippen molar-refractivity contribution in [2.75, 3.05) is 0 Å². The van der Waals surface area contributed by atoms with E-state index in [0.717, 1.165) is 5.56 Å². The highest BCUT2D eigenvalue weighted by Gasteiger charge is 2.13. The van der Waals surface area contributed by atoms with Crippen LogP contribution in [0.15, 0.2) is 43.0 Å². The van der Waals surface area contributed by atoms with Crippen LogP contribution in [-0.4, -0.2) is 15.9 Å². The van der Waals surface area contributed by atoms with Crippen LogP contribution in [0, 0.1) is 0 Å². The number of carbonyl (C=O) groups excluding carboxylic acids is 1. The van der Waals surface area contributed by atoms with Gasteiger partial charge in [0.25, 0.3) is 5.91 Å². The third-order valence-corrected chi connectivity index (χ3v) is 3.10. The Hall–Kier alpha value is -2.23. The van der Waals surface area contributed by atoms with E-state index >= 15 is 0 Å². The maximum atomic E-state index is 11.9. The second kappa shape index (κ2) is 5.82. The molecule has 0 fully saturated rings. The van der Waals surface area contributed by atoms with Crippen molar-refractivity contribution in [2.45, 2.75) is 32.7 Å². The zero-order valence-electron chi connectivity index (χ0n) is 12.1. The van der Waals surface area contributed by atoms with Crippen molar-refractivity contribution in [1.29, 1.82) is 0 Å². The number of nitrogens with zero attached hydrogens (tertiary/aromatic N) is 2. The van der Waals surface area contributed by atoms with Crippen LogP contribution in [0.2, 0.25) is 0 Å². The van der Waals surface area contributed by atoms with Crippen LogP contribution in [0.3, 0.4) is 0 Å². The van der Waals surface area contributed by atoms with Crippen LogP contribution >= 0.6 is 0 Å². The monoisotopic (exact) mass is 269 g/mol. The summed E-state index contributed by atoms with van der Waals surface area (Å²) in [6.07, 6.45) is 4.41. The molecule has 4 nitrogen and oxygen atoms in total. The Balaban J connectivity index is 1.96. The average Bonchev–Trinajstić information content (AvgIpc) is 2.45. The molecule has 20 heavy (non-hydrogen) atoms. The van der Waals surface area contributed by atoms with Crippen LogP contribution in [-0.2, 0) is 12.0 Å². The first-order valence-corrected chi connectivity index (χ1v) is 6.59. The molecule has 0 radical (unpaired) electrons. The fourth-order valence-corrected chi connectivity index (χ4v) is 1.82. The summed E-state index contributed by atoms with van der Waals surface area (Å²) in [5, 5.41) is 2.85. The van der Waals surface area contributed by atoms with Crippen molar-refractivity contribution in [1.82, 2.24) is 15.3 Å². The SMILES string of the molecule is CC(C)(C)c1ccc(CNC(=O)c2cncnc2)cc1. The molecule has 0 aliphatic heterocycles. The van der Waals surface area contributed by atoms with Gasteiger partial charge in [-0.2, -0.15) is 0 Å². The van der Waals surface area contributed by atoms with E-state index in [1.807, 2.05) is 12.1 Å². The second-order valence-corrected chi connectivity index (χ2v) is 5.76. The molecule has 1 amide bonds. The highest BCUT2D eigenvalue weighted by Crippen LogP contribution is 2.22. The van der Waals surface area contributed by atoms with Gasteiger partial charge in [-0.25, -0.2) is 9.97 Å². The number of carbonyl (C=O) groups is 1. The largest absolute Gasteiger partial charge is 0.348 e. The molecule has 0 spiro atoms. The first-order valence-electron chi connectivity index (χ1n) is 6.59. The number of amides is 1. The zero-order chi connectivity index (χ0) is 14.6. The van der Waals surface area contributed by atoms with E-state index in [0.29, 0.717) is 12.1 Å². The maximum absolute atomic E-state index is 11.9. The molecule has 2 aromatic rings. The van der Waals surface area contributed by atoms with Gasteiger partial charge in [0.2, 0.25) is 0 Å². The number of rotatable bonds is 3. The number of nitrogens with one attached hydrogen (secondary N) is 1. The van der Waals surface area contributed by atoms with E-state index in [9.17, 15) is 4.79 Å². The fourth-order valence-electron chi connectivity index (χ4n) is 1.82. The lowest BCUT2D eigenvalue weighted by atomic mass is 9.87. The van der Waals surface area contributed by atoms with Gasteiger partial charge in [0.15, 0.2) is 0 Å². The van der Waals surface area contributed by atoms with Crippen LogP contribution in [0.5, 0.6) is 0 Å². The van der Waals surface area contributed by atoms with E-state index < -0.39 is 0 Å². The molecule has 1 heterocycles. The average molecular weight is 269 g/mol. The molecule has 0 saturated heterocycles. The maximum Gasteiger partial charge on any atom is 0.254 e. The van der Waals surface area contributed by atoms with Gasteiger partial charge in [-0.05, 0) is 16.5 Å². The Morgan fingerprint density at radius 2 is 1.70 bits per heavy atom. The van der Waals surface area contributed by atoms with Gasteiger partial charge in [-0.3, -0.25) is 4.79 Å². The first kappa shape index (κ1) is 14.2. The van der Waals surface area contributed by atoms with Crippen molar-refractivity contribution in [2.24, 2.45) is 0 Å². The molecule has 0 bridgehead atoms. The summed E-state index contributed by atoms with van der Waals surface area (Å²) < 4.78 is 0. The van der Waals surface area contributed by atoms with Gasteiger partial charge >= 0.3 is 0 Å². The van der Waals surface area contributed by atoms with Crippen LogP contribution in [0.4, 0.5) is 0 Å². The van der Waals surface area contributed by atoms with Crippen LogP contribution in [0.25, 0.3) is 0 Å². The summed E-state index contributed by atoms with van der Waals surface area (Å²) in [6.45, 7) is 7.04. The molecule has 104 valence electrons. The third kappa shape index (κ3) is 3.63. The lowest BCUT2D eigenvalue weighted by Crippen LogP contribution is -2.23. The predicted octanol–water partition coefficient (Wildman–Crippen LogP) is 2.70. The quantitative estimate of drug-likeness (QED) is 0.932. The second-order valence-electron chi connectivity index (χ2n) is 5.76. The molecule has 0 aliphatic rings. The molecular formula is C16H19N3O. The van der Waals surface area contributed by atoms with Crippen molar-refractivity contribution < 1.29 is 4.79 Å². The van der Waals surface area contributed by atoms with E-state index in [1.165, 1.54) is 24.3 Å². The zero-order valence-corrected chi connectivity index (χ0v) is 12.1. The van der Waals surface area contributed by atoms with Crippen molar-refractivity contribution in [3.63, 3.8) is 0 Å². The number of aromatic nitrogens is 2. The first-order chi connectivity index (χ1) is 9.47. The van der Waals surface area contributed by atoms with Gasteiger partial charge in [-0.1, -0.05) is 45.0 Å². The van der Waals surface area contributed by atoms with Crippen molar-refractivity contribution in [3.05, 3.63) is 59.7 Å². The minimum Gasteiger partial charge on any atom is -0.348 e. The molecule has 0 saturated carbocycles. The van der Waals surface area contributed by atoms with E-state index in [-0.39, 0.29) is 11.3 Å². The predicted molar refractivity (Wildman–Crippen MR) is 78.3 cm³/mol. The molecule has 0 atom stereocenters. The molecule has 1 aromatic heterocycles. The molecule has 1 N–H and O–H groups in total. The summed E-state index contributed by atoms with van der Waals surface area (Å²) in [6, 6.07) is 8.30. The minimum atomic E-state index is -0.162. The van der Waals surface area contributed by atoms with E-state index in [1.54, 1.807) is 0 Å². The Morgan fingerprint density at radius 3 is 2.25 bits per heavy atom. The van der Waals surface area contributed by atoms with Gasteiger partial charge in [-0.15, -0.1) is 0 Å². The van der Waals surface area contributed by atoms with Gasteiger partial charge in [0.1, 0.15) is 6.33 Å². The van der Waals surface area contributed by atoms with Crippen LogP contribution < -0.4 is 5.32 Å². The fraction of sp³-hybridized carbons (Fsp3) is 0.312. The minimum absolute atomic E-state index is 0.142. The van der Waals surface area contributed by atoms with Gasteiger partial charge < -0.3 is 5.32 Å². The summed E-state index contributed by atoms with van der Waals surface area (Å²) in [5.74, 6) is -0.162. The highest BCUT2D eigenvalue weighted by molar-refractivity contribution is 5.93. The Kier molecular flexibility index (Phi) is 4.13. The number of benzene rings is 1. The van der Waals surface area contributed by atoms with Gasteiger partial charge in [0, 0.05) is 18.9 Å². The molecular weight excluding hydrogens is 250 g/mol. The standard InChI is InChI=1S/C16H19N3O/c1-16(2,3)14-6-4-12(5-7-14)8-19-15(20)13-9-17-11-18-10-13/h4-7,9-11H,8H2,1-3H3,(H,19,20). The molecule has 4 heteroatoms. The summed E-state index contributed by atoms with van der Waals surface area (Å²) >= 11 is 0. The summed E-state index contributed by atoms with van der Waals surface area (Å²) in [4.78, 5) is 19.5. The summed E-state index contributed by atoms with van der Waals surface area (Å²) in [7, 11) is 0. The molecule has 2 rings (SSSR count).